The largest absolute Gasteiger partial charge is 0.348 e. The quantitative estimate of drug-likeness (QED) is 0.823. The van der Waals surface area contributed by atoms with E-state index >= 15 is 0 Å². The Morgan fingerprint density at radius 3 is 2.53 bits per heavy atom. The Balaban J connectivity index is 1.98. The lowest BCUT2D eigenvalue weighted by atomic mass is 9.91. The first-order valence-corrected chi connectivity index (χ1v) is 5.99. The van der Waals surface area contributed by atoms with Crippen LogP contribution in [-0.4, -0.2) is 18.0 Å². The molecule has 3 N–H and O–H groups in total. The molecule has 0 bridgehead atoms. The van der Waals surface area contributed by atoms with E-state index in [9.17, 15) is 9.18 Å². The number of carbonyl (C=O) groups is 1. The second-order valence-corrected chi connectivity index (χ2v) is 4.54. The van der Waals surface area contributed by atoms with E-state index in [0.717, 1.165) is 25.7 Å². The van der Waals surface area contributed by atoms with Crippen LogP contribution in [0.2, 0.25) is 0 Å². The van der Waals surface area contributed by atoms with Gasteiger partial charge in [0.05, 0.1) is 0 Å². The van der Waals surface area contributed by atoms with Crippen molar-refractivity contribution in [2.45, 2.75) is 37.8 Å². The molecule has 1 saturated carbocycles. The number of benzene rings is 1. The summed E-state index contributed by atoms with van der Waals surface area (Å²) in [6, 6.07) is 5.62. The lowest BCUT2D eigenvalue weighted by Crippen LogP contribution is -2.49. The van der Waals surface area contributed by atoms with Crippen molar-refractivity contribution in [3.05, 3.63) is 35.6 Å². The van der Waals surface area contributed by atoms with Crippen LogP contribution in [0, 0.1) is 5.82 Å². The van der Waals surface area contributed by atoms with Crippen LogP contribution < -0.4 is 11.1 Å². The molecule has 2 atom stereocenters. The summed E-state index contributed by atoms with van der Waals surface area (Å²) in [6.45, 7) is 0. The number of hydrogen-bond acceptors (Lipinski definition) is 2. The predicted octanol–water partition coefficient (Wildman–Crippen LogP) is 1.83. The number of nitrogens with two attached hydrogens (primary N) is 1. The lowest BCUT2D eigenvalue weighted by molar-refractivity contribution is 0.0921. The van der Waals surface area contributed by atoms with Crippen LogP contribution in [0.25, 0.3) is 0 Å². The summed E-state index contributed by atoms with van der Waals surface area (Å²) in [5.74, 6) is -0.511. The summed E-state index contributed by atoms with van der Waals surface area (Å²) >= 11 is 0. The van der Waals surface area contributed by atoms with Gasteiger partial charge < -0.3 is 11.1 Å². The maximum absolute atomic E-state index is 12.7. The highest BCUT2D eigenvalue weighted by molar-refractivity contribution is 5.94. The average molecular weight is 236 g/mol. The minimum atomic E-state index is -0.337. The molecule has 0 aromatic heterocycles. The minimum absolute atomic E-state index is 0.0353. The third-order valence-electron chi connectivity index (χ3n) is 3.24. The molecule has 1 amide bonds. The molecule has 0 saturated heterocycles. The monoisotopic (exact) mass is 236 g/mol. The van der Waals surface area contributed by atoms with E-state index in [1.807, 2.05) is 0 Å². The zero-order valence-electron chi connectivity index (χ0n) is 9.66. The van der Waals surface area contributed by atoms with Gasteiger partial charge in [-0.05, 0) is 37.1 Å². The van der Waals surface area contributed by atoms with Crippen LogP contribution in [0.4, 0.5) is 4.39 Å². The number of hydrogen-bond donors (Lipinski definition) is 2. The fraction of sp³-hybridized carbons (Fsp3) is 0.462. The van der Waals surface area contributed by atoms with Crippen molar-refractivity contribution >= 4 is 5.91 Å². The van der Waals surface area contributed by atoms with Gasteiger partial charge in [-0.25, -0.2) is 4.39 Å². The summed E-state index contributed by atoms with van der Waals surface area (Å²) in [5, 5.41) is 2.92. The fourth-order valence-corrected chi connectivity index (χ4v) is 2.19. The van der Waals surface area contributed by atoms with Gasteiger partial charge in [0.15, 0.2) is 0 Å². The maximum Gasteiger partial charge on any atom is 0.251 e. The smallest absolute Gasteiger partial charge is 0.251 e. The number of halogens is 1. The van der Waals surface area contributed by atoms with E-state index < -0.39 is 0 Å². The Labute approximate surface area is 100 Å². The molecule has 1 aliphatic carbocycles. The molecule has 17 heavy (non-hydrogen) atoms. The Morgan fingerprint density at radius 1 is 1.24 bits per heavy atom. The lowest BCUT2D eigenvalue weighted by Gasteiger charge is -2.29. The Bertz CT molecular complexity index is 391. The molecule has 4 heteroatoms. The zero-order valence-corrected chi connectivity index (χ0v) is 9.66. The summed E-state index contributed by atoms with van der Waals surface area (Å²) in [6.07, 6.45) is 4.11. The fourth-order valence-electron chi connectivity index (χ4n) is 2.19. The van der Waals surface area contributed by atoms with E-state index in [1.54, 1.807) is 0 Å². The first-order chi connectivity index (χ1) is 8.16. The molecule has 0 aliphatic heterocycles. The van der Waals surface area contributed by atoms with E-state index in [2.05, 4.69) is 5.32 Å². The first-order valence-electron chi connectivity index (χ1n) is 5.99. The summed E-state index contributed by atoms with van der Waals surface area (Å²) in [5.41, 5.74) is 6.43. The van der Waals surface area contributed by atoms with Gasteiger partial charge in [-0.15, -0.1) is 0 Å². The number of nitrogens with one attached hydrogen (secondary N) is 1. The predicted molar refractivity (Wildman–Crippen MR) is 64.1 cm³/mol. The summed E-state index contributed by atoms with van der Waals surface area (Å²) < 4.78 is 12.7. The van der Waals surface area contributed by atoms with Crippen LogP contribution in [0.5, 0.6) is 0 Å². The van der Waals surface area contributed by atoms with Crippen LogP contribution in [0.15, 0.2) is 24.3 Å². The highest BCUT2D eigenvalue weighted by Gasteiger charge is 2.23. The molecule has 3 nitrogen and oxygen atoms in total. The molecule has 0 heterocycles. The number of rotatable bonds is 2. The Hall–Kier alpha value is -1.42. The SMILES string of the molecule is N[C@@H]1CCCC[C@H]1NC(=O)c1ccc(F)cc1. The molecule has 2 rings (SSSR count). The first kappa shape index (κ1) is 12.0. The van der Waals surface area contributed by atoms with Gasteiger partial charge in [0.2, 0.25) is 0 Å². The van der Waals surface area contributed by atoms with Crippen LogP contribution in [0.3, 0.4) is 0 Å². The van der Waals surface area contributed by atoms with E-state index in [0.29, 0.717) is 5.56 Å². The van der Waals surface area contributed by atoms with Gasteiger partial charge in [-0.1, -0.05) is 12.8 Å². The third kappa shape index (κ3) is 3.03. The van der Waals surface area contributed by atoms with Crippen molar-refractivity contribution in [2.24, 2.45) is 5.73 Å². The van der Waals surface area contributed by atoms with E-state index in [-0.39, 0.29) is 23.8 Å². The molecule has 0 unspecified atom stereocenters. The van der Waals surface area contributed by atoms with Gasteiger partial charge in [0.1, 0.15) is 5.82 Å². The van der Waals surface area contributed by atoms with Gasteiger partial charge in [0, 0.05) is 17.6 Å². The standard InChI is InChI=1S/C13H17FN2O/c14-10-7-5-9(6-8-10)13(17)16-12-4-2-1-3-11(12)15/h5-8,11-12H,1-4,15H2,(H,16,17)/t11-,12-/m1/s1. The van der Waals surface area contributed by atoms with Gasteiger partial charge in [-0.2, -0.15) is 0 Å². The summed E-state index contributed by atoms with van der Waals surface area (Å²) in [7, 11) is 0. The van der Waals surface area contributed by atoms with Crippen molar-refractivity contribution in [3.63, 3.8) is 0 Å². The second kappa shape index (κ2) is 5.27. The topological polar surface area (TPSA) is 55.1 Å². The minimum Gasteiger partial charge on any atom is -0.348 e. The number of amides is 1. The molecule has 0 radical (unpaired) electrons. The van der Waals surface area contributed by atoms with Crippen LogP contribution in [-0.2, 0) is 0 Å². The summed E-state index contributed by atoms with van der Waals surface area (Å²) in [4.78, 5) is 11.9. The van der Waals surface area contributed by atoms with E-state index in [1.165, 1.54) is 24.3 Å². The molecule has 0 spiro atoms. The Morgan fingerprint density at radius 2 is 1.88 bits per heavy atom. The maximum atomic E-state index is 12.7. The van der Waals surface area contributed by atoms with Crippen molar-refractivity contribution < 1.29 is 9.18 Å². The van der Waals surface area contributed by atoms with Crippen LogP contribution in [0.1, 0.15) is 36.0 Å². The highest BCUT2D eigenvalue weighted by atomic mass is 19.1. The molecular formula is C13H17FN2O. The van der Waals surface area contributed by atoms with Gasteiger partial charge in [0.25, 0.3) is 5.91 Å². The van der Waals surface area contributed by atoms with Gasteiger partial charge >= 0.3 is 0 Å². The van der Waals surface area contributed by atoms with Crippen molar-refractivity contribution in [1.29, 1.82) is 0 Å². The van der Waals surface area contributed by atoms with Crippen molar-refractivity contribution in [3.8, 4) is 0 Å². The molecule has 1 fully saturated rings. The molecular weight excluding hydrogens is 219 g/mol. The Kier molecular flexibility index (Phi) is 3.74. The third-order valence-corrected chi connectivity index (χ3v) is 3.24. The average Bonchev–Trinajstić information content (AvgIpc) is 2.33. The van der Waals surface area contributed by atoms with Crippen molar-refractivity contribution in [1.82, 2.24) is 5.32 Å². The van der Waals surface area contributed by atoms with Crippen LogP contribution >= 0.6 is 0 Å². The molecule has 1 aromatic rings. The molecule has 1 aromatic carbocycles. The number of carbonyl (C=O) groups excluding carboxylic acids is 1. The van der Waals surface area contributed by atoms with E-state index in [4.69, 9.17) is 5.73 Å². The van der Waals surface area contributed by atoms with Gasteiger partial charge in [-0.3, -0.25) is 4.79 Å². The van der Waals surface area contributed by atoms with Crippen molar-refractivity contribution in [2.75, 3.05) is 0 Å². The zero-order chi connectivity index (χ0) is 12.3. The normalized spacial score (nSPS) is 24.4. The molecule has 92 valence electrons. The molecule has 1 aliphatic rings. The second-order valence-electron chi connectivity index (χ2n) is 4.54. The highest BCUT2D eigenvalue weighted by Crippen LogP contribution is 2.17.